The standard InChI is InChI=1S/C21H25ClN2O3/c1-14(25)24(18-9-7-6-8-16(18)21(2,3)4)13-20(26)23-17-12-15(22)10-11-19(17)27-5/h6-12H,13H2,1-5H3,(H,23,26). The van der Waals surface area contributed by atoms with E-state index in [1.54, 1.807) is 18.2 Å². The van der Waals surface area contributed by atoms with E-state index in [9.17, 15) is 9.59 Å². The van der Waals surface area contributed by atoms with Crippen LogP contribution >= 0.6 is 11.6 Å². The SMILES string of the molecule is COc1ccc(Cl)cc1NC(=O)CN(C(C)=O)c1ccccc1C(C)(C)C. The number of methoxy groups -OCH3 is 1. The van der Waals surface area contributed by atoms with Crippen LogP contribution in [0.3, 0.4) is 0 Å². The van der Waals surface area contributed by atoms with Crippen LogP contribution in [0.25, 0.3) is 0 Å². The van der Waals surface area contributed by atoms with Crippen molar-refractivity contribution < 1.29 is 14.3 Å². The van der Waals surface area contributed by atoms with Crippen molar-refractivity contribution in [2.24, 2.45) is 0 Å². The number of amides is 2. The van der Waals surface area contributed by atoms with Crippen molar-refractivity contribution in [3.05, 3.63) is 53.1 Å². The van der Waals surface area contributed by atoms with Crippen LogP contribution in [0.2, 0.25) is 5.02 Å². The Labute approximate surface area is 165 Å². The number of nitrogens with one attached hydrogen (secondary N) is 1. The van der Waals surface area contributed by atoms with Gasteiger partial charge in [0.05, 0.1) is 12.8 Å². The highest BCUT2D eigenvalue weighted by Gasteiger charge is 2.24. The second-order valence-corrected chi connectivity index (χ2v) is 7.70. The first-order valence-electron chi connectivity index (χ1n) is 8.64. The van der Waals surface area contributed by atoms with Crippen LogP contribution in [0.5, 0.6) is 5.75 Å². The van der Waals surface area contributed by atoms with Gasteiger partial charge in [0.15, 0.2) is 0 Å². The van der Waals surface area contributed by atoms with Gasteiger partial charge in [-0.05, 0) is 35.2 Å². The van der Waals surface area contributed by atoms with Gasteiger partial charge in [0.2, 0.25) is 11.8 Å². The van der Waals surface area contributed by atoms with E-state index in [2.05, 4.69) is 26.1 Å². The van der Waals surface area contributed by atoms with Crippen molar-refractivity contribution in [3.8, 4) is 5.75 Å². The number of para-hydroxylation sites is 1. The predicted octanol–water partition coefficient (Wildman–Crippen LogP) is 4.64. The van der Waals surface area contributed by atoms with Crippen LogP contribution in [-0.4, -0.2) is 25.5 Å². The molecule has 2 aromatic carbocycles. The minimum atomic E-state index is -0.338. The molecule has 0 fully saturated rings. The van der Waals surface area contributed by atoms with E-state index in [0.717, 1.165) is 11.3 Å². The van der Waals surface area contributed by atoms with E-state index in [-0.39, 0.29) is 23.8 Å². The highest BCUT2D eigenvalue weighted by molar-refractivity contribution is 6.31. The number of anilines is 2. The fourth-order valence-corrected chi connectivity index (χ4v) is 2.99. The molecule has 0 aliphatic rings. The third-order valence-electron chi connectivity index (χ3n) is 4.12. The number of nitrogens with zero attached hydrogens (tertiary/aromatic N) is 1. The van der Waals surface area contributed by atoms with Crippen LogP contribution in [0.1, 0.15) is 33.3 Å². The van der Waals surface area contributed by atoms with E-state index in [4.69, 9.17) is 16.3 Å². The van der Waals surface area contributed by atoms with Gasteiger partial charge in [0, 0.05) is 17.6 Å². The minimum Gasteiger partial charge on any atom is -0.495 e. The Hall–Kier alpha value is -2.53. The highest BCUT2D eigenvalue weighted by Crippen LogP contribution is 2.32. The first-order valence-corrected chi connectivity index (χ1v) is 9.02. The summed E-state index contributed by atoms with van der Waals surface area (Å²) < 4.78 is 5.25. The zero-order chi connectivity index (χ0) is 20.2. The van der Waals surface area contributed by atoms with E-state index in [1.807, 2.05) is 24.3 Å². The molecule has 144 valence electrons. The molecule has 2 rings (SSSR count). The molecule has 6 heteroatoms. The molecule has 0 spiro atoms. The van der Waals surface area contributed by atoms with Crippen molar-refractivity contribution in [3.63, 3.8) is 0 Å². The van der Waals surface area contributed by atoms with Crippen LogP contribution < -0.4 is 15.0 Å². The maximum atomic E-state index is 12.6. The summed E-state index contributed by atoms with van der Waals surface area (Å²) >= 11 is 6.01. The highest BCUT2D eigenvalue weighted by atomic mass is 35.5. The smallest absolute Gasteiger partial charge is 0.244 e. The average Bonchev–Trinajstić information content (AvgIpc) is 2.59. The number of carbonyl (C=O) groups excluding carboxylic acids is 2. The first kappa shape index (κ1) is 20.8. The molecule has 5 nitrogen and oxygen atoms in total. The van der Waals surface area contributed by atoms with Crippen molar-refractivity contribution in [1.29, 1.82) is 0 Å². The van der Waals surface area contributed by atoms with Gasteiger partial charge in [-0.3, -0.25) is 9.59 Å². The second-order valence-electron chi connectivity index (χ2n) is 7.27. The fraction of sp³-hybridized carbons (Fsp3) is 0.333. The van der Waals surface area contributed by atoms with Gasteiger partial charge in [-0.25, -0.2) is 0 Å². The van der Waals surface area contributed by atoms with Gasteiger partial charge in [0.25, 0.3) is 0 Å². The van der Waals surface area contributed by atoms with Crippen molar-refractivity contribution in [1.82, 2.24) is 0 Å². The summed E-state index contributed by atoms with van der Waals surface area (Å²) in [5.74, 6) is -0.0494. The molecule has 0 saturated heterocycles. The zero-order valence-corrected chi connectivity index (χ0v) is 17.1. The lowest BCUT2D eigenvalue weighted by Gasteiger charge is -2.29. The first-order chi connectivity index (χ1) is 12.6. The summed E-state index contributed by atoms with van der Waals surface area (Å²) in [5, 5.41) is 3.25. The van der Waals surface area contributed by atoms with Crippen molar-refractivity contribution >= 4 is 34.8 Å². The number of benzene rings is 2. The van der Waals surface area contributed by atoms with Crippen LogP contribution in [-0.2, 0) is 15.0 Å². The molecule has 0 bridgehead atoms. The van der Waals surface area contributed by atoms with Gasteiger partial charge in [-0.15, -0.1) is 0 Å². The lowest BCUT2D eigenvalue weighted by atomic mass is 9.85. The minimum absolute atomic E-state index is 0.113. The Morgan fingerprint density at radius 1 is 1.15 bits per heavy atom. The monoisotopic (exact) mass is 388 g/mol. The van der Waals surface area contributed by atoms with Crippen LogP contribution in [0.4, 0.5) is 11.4 Å². The molecule has 2 amide bonds. The maximum absolute atomic E-state index is 12.6. The summed E-state index contributed by atoms with van der Waals surface area (Å²) in [6.45, 7) is 7.55. The molecule has 1 N–H and O–H groups in total. The maximum Gasteiger partial charge on any atom is 0.244 e. The molecule has 27 heavy (non-hydrogen) atoms. The number of rotatable bonds is 5. The molecule has 0 atom stereocenters. The largest absolute Gasteiger partial charge is 0.495 e. The Balaban J connectivity index is 2.29. The fourth-order valence-electron chi connectivity index (χ4n) is 2.82. The molecule has 0 saturated carbocycles. The average molecular weight is 389 g/mol. The van der Waals surface area contributed by atoms with Crippen LogP contribution in [0.15, 0.2) is 42.5 Å². The van der Waals surface area contributed by atoms with E-state index in [1.165, 1.54) is 18.9 Å². The number of ether oxygens (including phenoxy) is 1. The Morgan fingerprint density at radius 2 is 1.81 bits per heavy atom. The van der Waals surface area contributed by atoms with E-state index in [0.29, 0.717) is 16.5 Å². The van der Waals surface area contributed by atoms with E-state index >= 15 is 0 Å². The molecule has 0 radical (unpaired) electrons. The summed E-state index contributed by atoms with van der Waals surface area (Å²) in [5.41, 5.74) is 2.01. The summed E-state index contributed by atoms with van der Waals surface area (Å²) in [6.07, 6.45) is 0. The molecular weight excluding hydrogens is 364 g/mol. The Kier molecular flexibility index (Phi) is 6.50. The van der Waals surface area contributed by atoms with Crippen LogP contribution in [0, 0.1) is 0 Å². The predicted molar refractivity (Wildman–Crippen MR) is 110 cm³/mol. The Bertz CT molecular complexity index is 844. The van der Waals surface area contributed by atoms with Crippen molar-refractivity contribution in [2.75, 3.05) is 23.9 Å². The van der Waals surface area contributed by atoms with Gasteiger partial charge in [-0.2, -0.15) is 0 Å². The number of hydrogen-bond donors (Lipinski definition) is 1. The van der Waals surface area contributed by atoms with E-state index < -0.39 is 0 Å². The van der Waals surface area contributed by atoms with Crippen molar-refractivity contribution in [2.45, 2.75) is 33.1 Å². The molecular formula is C21H25ClN2O3. The molecule has 2 aromatic rings. The number of carbonyl (C=O) groups is 2. The molecule has 0 heterocycles. The van der Waals surface area contributed by atoms with Gasteiger partial charge in [0.1, 0.15) is 12.3 Å². The normalized spacial score (nSPS) is 11.0. The second kappa shape index (κ2) is 8.44. The molecule has 0 aliphatic heterocycles. The summed E-state index contributed by atoms with van der Waals surface area (Å²) in [7, 11) is 1.51. The lowest BCUT2D eigenvalue weighted by molar-refractivity contribution is -0.120. The third-order valence-corrected chi connectivity index (χ3v) is 4.36. The zero-order valence-electron chi connectivity index (χ0n) is 16.3. The molecule has 0 aliphatic carbocycles. The summed E-state index contributed by atoms with van der Waals surface area (Å²) in [6, 6.07) is 12.6. The topological polar surface area (TPSA) is 58.6 Å². The quantitative estimate of drug-likeness (QED) is 0.811. The Morgan fingerprint density at radius 3 is 2.41 bits per heavy atom. The van der Waals surface area contributed by atoms with Gasteiger partial charge >= 0.3 is 0 Å². The molecule has 0 aromatic heterocycles. The molecule has 0 unspecified atom stereocenters. The van der Waals surface area contributed by atoms with Gasteiger partial charge in [-0.1, -0.05) is 50.6 Å². The lowest BCUT2D eigenvalue weighted by Crippen LogP contribution is -2.38. The number of hydrogen-bond acceptors (Lipinski definition) is 3. The third kappa shape index (κ3) is 5.23. The summed E-state index contributed by atoms with van der Waals surface area (Å²) in [4.78, 5) is 26.4. The van der Waals surface area contributed by atoms with Gasteiger partial charge < -0.3 is 15.0 Å². The number of halogens is 1.